The van der Waals surface area contributed by atoms with Gasteiger partial charge in [-0.05, 0) is 50.7 Å². The maximum atomic E-state index is 12.5. The number of nitrogens with one attached hydrogen (secondary N) is 1. The van der Waals surface area contributed by atoms with Gasteiger partial charge in [0.1, 0.15) is 4.88 Å². The summed E-state index contributed by atoms with van der Waals surface area (Å²) in [7, 11) is 0. The number of aryl methyl sites for hydroxylation is 1. The van der Waals surface area contributed by atoms with E-state index >= 15 is 0 Å². The van der Waals surface area contributed by atoms with E-state index in [2.05, 4.69) is 14.9 Å². The van der Waals surface area contributed by atoms with Crippen LogP contribution in [0.2, 0.25) is 0 Å². The van der Waals surface area contributed by atoms with Crippen LogP contribution >= 0.6 is 11.5 Å². The molecule has 2 aliphatic heterocycles. The number of aromatic nitrogens is 2. The summed E-state index contributed by atoms with van der Waals surface area (Å²) in [6.07, 6.45) is 4.65. The molecule has 0 aromatic carbocycles. The van der Waals surface area contributed by atoms with Crippen molar-refractivity contribution in [3.05, 3.63) is 10.6 Å². The van der Waals surface area contributed by atoms with E-state index in [1.807, 2.05) is 11.8 Å². The van der Waals surface area contributed by atoms with E-state index in [0.717, 1.165) is 31.6 Å². The fourth-order valence-electron chi connectivity index (χ4n) is 3.06. The Morgan fingerprint density at radius 2 is 2.33 bits per heavy atom. The first-order valence-electron chi connectivity index (χ1n) is 6.60. The summed E-state index contributed by atoms with van der Waals surface area (Å²) in [5.41, 5.74) is 0.759. The molecule has 3 rings (SSSR count). The molecule has 3 heterocycles. The van der Waals surface area contributed by atoms with E-state index in [0.29, 0.717) is 17.0 Å². The molecule has 6 heteroatoms. The average molecular weight is 266 g/mol. The molecule has 0 spiro atoms. The van der Waals surface area contributed by atoms with Crippen molar-refractivity contribution in [2.75, 3.05) is 13.1 Å². The molecular formula is C12H18N4OS. The zero-order valence-electron chi connectivity index (χ0n) is 10.6. The predicted molar refractivity (Wildman–Crippen MR) is 69.7 cm³/mol. The molecule has 2 atom stereocenters. The summed E-state index contributed by atoms with van der Waals surface area (Å²) in [5, 5.41) is 7.46. The van der Waals surface area contributed by atoms with Gasteiger partial charge in [-0.3, -0.25) is 4.79 Å². The Hall–Kier alpha value is -1.01. The van der Waals surface area contributed by atoms with Crippen LogP contribution in [0.5, 0.6) is 0 Å². The third kappa shape index (κ3) is 2.03. The van der Waals surface area contributed by atoms with Crippen LogP contribution in [0.15, 0.2) is 0 Å². The first-order chi connectivity index (χ1) is 8.77. The molecular weight excluding hydrogens is 248 g/mol. The van der Waals surface area contributed by atoms with Crippen LogP contribution in [0, 0.1) is 6.92 Å². The lowest BCUT2D eigenvalue weighted by Crippen LogP contribution is -2.46. The van der Waals surface area contributed by atoms with E-state index in [1.54, 1.807) is 0 Å². The molecule has 0 aliphatic carbocycles. The number of amides is 1. The van der Waals surface area contributed by atoms with Gasteiger partial charge in [0, 0.05) is 18.6 Å². The Bertz CT molecular complexity index is 441. The first-order valence-corrected chi connectivity index (χ1v) is 7.38. The molecule has 98 valence electrons. The lowest BCUT2D eigenvalue weighted by atomic mass is 10.0. The Morgan fingerprint density at radius 3 is 3.00 bits per heavy atom. The highest BCUT2D eigenvalue weighted by atomic mass is 32.1. The quantitative estimate of drug-likeness (QED) is 0.874. The standard InChI is InChI=1S/C12H18N4OS/c1-8-11(18-15-14-8)12(17)16-7-3-5-10(16)9-4-2-6-13-9/h9-10,13H,2-7H2,1H3. The lowest BCUT2D eigenvalue weighted by molar-refractivity contribution is 0.0715. The average Bonchev–Trinajstić information content (AvgIpc) is 3.09. The fourth-order valence-corrected chi connectivity index (χ4v) is 3.67. The van der Waals surface area contributed by atoms with Gasteiger partial charge in [-0.1, -0.05) is 4.49 Å². The Labute approximate surface area is 111 Å². The highest BCUT2D eigenvalue weighted by Gasteiger charge is 2.37. The fraction of sp³-hybridized carbons (Fsp3) is 0.750. The molecule has 5 nitrogen and oxygen atoms in total. The smallest absolute Gasteiger partial charge is 0.267 e. The van der Waals surface area contributed by atoms with Crippen molar-refractivity contribution >= 4 is 17.4 Å². The maximum absolute atomic E-state index is 12.5. The lowest BCUT2D eigenvalue weighted by Gasteiger charge is -2.29. The van der Waals surface area contributed by atoms with E-state index in [1.165, 1.54) is 24.4 Å². The maximum Gasteiger partial charge on any atom is 0.267 e. The second-order valence-electron chi connectivity index (χ2n) is 5.10. The zero-order chi connectivity index (χ0) is 12.5. The summed E-state index contributed by atoms with van der Waals surface area (Å²) in [5.74, 6) is 0.124. The second-order valence-corrected chi connectivity index (χ2v) is 5.85. The van der Waals surface area contributed by atoms with Crippen molar-refractivity contribution in [2.45, 2.75) is 44.7 Å². The third-order valence-electron chi connectivity index (χ3n) is 3.97. The molecule has 1 amide bonds. The van der Waals surface area contributed by atoms with Crippen molar-refractivity contribution < 1.29 is 4.79 Å². The number of carbonyl (C=O) groups is 1. The highest BCUT2D eigenvalue weighted by Crippen LogP contribution is 2.27. The summed E-state index contributed by atoms with van der Waals surface area (Å²) >= 11 is 1.22. The van der Waals surface area contributed by atoms with Gasteiger partial charge in [0.15, 0.2) is 0 Å². The Kier molecular flexibility index (Phi) is 3.30. The van der Waals surface area contributed by atoms with Crippen molar-refractivity contribution in [1.29, 1.82) is 0 Å². The SMILES string of the molecule is Cc1nnsc1C(=O)N1CCCC1C1CCCN1. The zero-order valence-corrected chi connectivity index (χ0v) is 11.4. The minimum Gasteiger partial charge on any atom is -0.333 e. The van der Waals surface area contributed by atoms with Crippen LogP contribution in [-0.2, 0) is 0 Å². The van der Waals surface area contributed by atoms with Crippen LogP contribution < -0.4 is 5.32 Å². The van der Waals surface area contributed by atoms with Crippen molar-refractivity contribution in [3.8, 4) is 0 Å². The minimum absolute atomic E-state index is 0.124. The molecule has 1 N–H and O–H groups in total. The van der Waals surface area contributed by atoms with Crippen LogP contribution in [0.4, 0.5) is 0 Å². The van der Waals surface area contributed by atoms with Crippen molar-refractivity contribution in [1.82, 2.24) is 19.8 Å². The molecule has 18 heavy (non-hydrogen) atoms. The van der Waals surface area contributed by atoms with Gasteiger partial charge >= 0.3 is 0 Å². The number of likely N-dealkylation sites (tertiary alicyclic amines) is 1. The number of nitrogens with zero attached hydrogens (tertiary/aromatic N) is 3. The molecule has 0 radical (unpaired) electrons. The van der Waals surface area contributed by atoms with Crippen LogP contribution in [0.25, 0.3) is 0 Å². The monoisotopic (exact) mass is 266 g/mol. The van der Waals surface area contributed by atoms with Crippen LogP contribution in [0.1, 0.15) is 41.0 Å². The molecule has 2 fully saturated rings. The number of hydrogen-bond acceptors (Lipinski definition) is 5. The summed E-state index contributed by atoms with van der Waals surface area (Å²) in [6.45, 7) is 3.82. The topological polar surface area (TPSA) is 58.1 Å². The molecule has 2 saturated heterocycles. The molecule has 1 aromatic rings. The van der Waals surface area contributed by atoms with Gasteiger partial charge in [-0.15, -0.1) is 5.10 Å². The van der Waals surface area contributed by atoms with Crippen molar-refractivity contribution in [3.63, 3.8) is 0 Å². The predicted octanol–water partition coefficient (Wildman–Crippen LogP) is 1.20. The summed E-state index contributed by atoms with van der Waals surface area (Å²) in [6, 6.07) is 0.846. The molecule has 2 aliphatic rings. The molecule has 2 unspecified atom stereocenters. The van der Waals surface area contributed by atoms with Gasteiger partial charge < -0.3 is 10.2 Å². The molecule has 0 saturated carbocycles. The number of carbonyl (C=O) groups excluding carboxylic acids is 1. The first kappa shape index (κ1) is 12.0. The second kappa shape index (κ2) is 4.93. The van der Waals surface area contributed by atoms with E-state index < -0.39 is 0 Å². The number of hydrogen-bond donors (Lipinski definition) is 1. The van der Waals surface area contributed by atoms with Gasteiger partial charge in [0.05, 0.1) is 5.69 Å². The third-order valence-corrected chi connectivity index (χ3v) is 4.78. The summed E-state index contributed by atoms with van der Waals surface area (Å²) < 4.78 is 3.87. The van der Waals surface area contributed by atoms with Crippen LogP contribution in [0.3, 0.4) is 0 Å². The van der Waals surface area contributed by atoms with E-state index in [-0.39, 0.29) is 5.91 Å². The van der Waals surface area contributed by atoms with E-state index in [9.17, 15) is 4.79 Å². The van der Waals surface area contributed by atoms with E-state index in [4.69, 9.17) is 0 Å². The Morgan fingerprint density at radius 1 is 1.44 bits per heavy atom. The van der Waals surface area contributed by atoms with Gasteiger partial charge in [0.25, 0.3) is 5.91 Å². The van der Waals surface area contributed by atoms with Crippen LogP contribution in [-0.4, -0.2) is 45.6 Å². The van der Waals surface area contributed by atoms with Crippen molar-refractivity contribution in [2.24, 2.45) is 0 Å². The number of rotatable bonds is 2. The highest BCUT2D eigenvalue weighted by molar-refractivity contribution is 7.07. The van der Waals surface area contributed by atoms with Gasteiger partial charge in [-0.25, -0.2) is 0 Å². The van der Waals surface area contributed by atoms with Gasteiger partial charge in [-0.2, -0.15) is 0 Å². The van der Waals surface area contributed by atoms with Gasteiger partial charge in [0.2, 0.25) is 0 Å². The molecule has 1 aromatic heterocycles. The summed E-state index contributed by atoms with van der Waals surface area (Å²) in [4.78, 5) is 15.3. The largest absolute Gasteiger partial charge is 0.333 e. The minimum atomic E-state index is 0.124. The Balaban J connectivity index is 1.78. The normalized spacial score (nSPS) is 27.9. The molecule has 0 bridgehead atoms.